The lowest BCUT2D eigenvalue weighted by molar-refractivity contribution is 0.0421. The number of fused-ring (bicyclic) bond motifs is 2. The molecule has 3 unspecified atom stereocenters. The van der Waals surface area contributed by atoms with Gasteiger partial charge < -0.3 is 4.74 Å². The van der Waals surface area contributed by atoms with Crippen LogP contribution in [0.3, 0.4) is 0 Å². The van der Waals surface area contributed by atoms with Gasteiger partial charge in [0, 0.05) is 0 Å². The van der Waals surface area contributed by atoms with Crippen molar-refractivity contribution in [2.45, 2.75) is 12.8 Å². The number of esters is 1. The molecule has 2 nitrogen and oxygen atoms in total. The summed E-state index contributed by atoms with van der Waals surface area (Å²) in [7, 11) is 0. The van der Waals surface area contributed by atoms with Crippen LogP contribution in [0.1, 0.15) is 23.2 Å². The van der Waals surface area contributed by atoms with Crippen molar-refractivity contribution in [1.82, 2.24) is 0 Å². The highest BCUT2D eigenvalue weighted by atomic mass is 16.5. The minimum Gasteiger partial charge on any atom is -0.462 e. The van der Waals surface area contributed by atoms with Gasteiger partial charge in [-0.2, -0.15) is 0 Å². The lowest BCUT2D eigenvalue weighted by Gasteiger charge is -2.17. The Hall–Kier alpha value is -1.57. The van der Waals surface area contributed by atoms with Crippen LogP contribution < -0.4 is 0 Å². The van der Waals surface area contributed by atoms with Gasteiger partial charge in [-0.25, -0.2) is 4.79 Å². The van der Waals surface area contributed by atoms with E-state index in [1.807, 2.05) is 18.2 Å². The summed E-state index contributed by atoms with van der Waals surface area (Å²) >= 11 is 0. The second-order valence-electron chi connectivity index (χ2n) is 5.00. The highest BCUT2D eigenvalue weighted by molar-refractivity contribution is 5.89. The molecule has 2 aliphatic carbocycles. The molecule has 1 saturated carbocycles. The summed E-state index contributed by atoms with van der Waals surface area (Å²) < 4.78 is 5.39. The van der Waals surface area contributed by atoms with Crippen molar-refractivity contribution < 1.29 is 9.53 Å². The molecule has 0 aromatic heterocycles. The fourth-order valence-corrected chi connectivity index (χ4v) is 2.93. The molecule has 0 aliphatic heterocycles. The Morgan fingerprint density at radius 1 is 1.18 bits per heavy atom. The van der Waals surface area contributed by atoms with Gasteiger partial charge in [0.15, 0.2) is 0 Å². The molecule has 3 atom stereocenters. The van der Waals surface area contributed by atoms with Crippen molar-refractivity contribution in [3.05, 3.63) is 48.0 Å². The van der Waals surface area contributed by atoms with Crippen LogP contribution in [0, 0.1) is 17.8 Å². The largest absolute Gasteiger partial charge is 0.462 e. The summed E-state index contributed by atoms with van der Waals surface area (Å²) in [5, 5.41) is 0. The standard InChI is InChI=1S/C15H16O2/c16-15(12-4-2-1-3-5-12)17-10-14-9-11-6-7-13(14)8-11/h1-7,11,13-14H,8-10H2. The van der Waals surface area contributed by atoms with Crippen molar-refractivity contribution >= 4 is 5.97 Å². The Balaban J connectivity index is 1.55. The summed E-state index contributed by atoms with van der Waals surface area (Å²) in [4.78, 5) is 11.8. The Bertz CT molecular complexity index is 435. The molecular weight excluding hydrogens is 212 g/mol. The van der Waals surface area contributed by atoms with Crippen LogP contribution in [-0.2, 0) is 4.74 Å². The molecule has 88 valence electrons. The molecule has 0 spiro atoms. The molecular formula is C15H16O2. The van der Waals surface area contributed by atoms with Gasteiger partial charge in [-0.1, -0.05) is 30.4 Å². The first kappa shape index (κ1) is 10.6. The normalized spacial score (nSPS) is 29.5. The molecule has 1 aromatic rings. The molecule has 1 aromatic carbocycles. The van der Waals surface area contributed by atoms with Crippen molar-refractivity contribution in [2.24, 2.45) is 17.8 Å². The van der Waals surface area contributed by atoms with E-state index in [0.717, 1.165) is 5.92 Å². The quantitative estimate of drug-likeness (QED) is 0.587. The van der Waals surface area contributed by atoms with E-state index in [1.54, 1.807) is 12.1 Å². The van der Waals surface area contributed by atoms with Gasteiger partial charge in [0.1, 0.15) is 0 Å². The Kier molecular flexibility index (Phi) is 2.71. The van der Waals surface area contributed by atoms with E-state index in [9.17, 15) is 4.79 Å². The Morgan fingerprint density at radius 2 is 2.00 bits per heavy atom. The van der Waals surface area contributed by atoms with Gasteiger partial charge >= 0.3 is 5.97 Å². The minimum absolute atomic E-state index is 0.197. The number of benzene rings is 1. The van der Waals surface area contributed by atoms with E-state index in [-0.39, 0.29) is 5.97 Å². The number of carbonyl (C=O) groups excluding carboxylic acids is 1. The number of hydrogen-bond acceptors (Lipinski definition) is 2. The van der Waals surface area contributed by atoms with Crippen LogP contribution in [0.2, 0.25) is 0 Å². The number of ether oxygens (including phenoxy) is 1. The van der Waals surface area contributed by atoms with Crippen molar-refractivity contribution in [1.29, 1.82) is 0 Å². The molecule has 2 heteroatoms. The minimum atomic E-state index is -0.197. The van der Waals surface area contributed by atoms with E-state index in [4.69, 9.17) is 4.74 Å². The predicted molar refractivity (Wildman–Crippen MR) is 65.6 cm³/mol. The molecule has 0 radical (unpaired) electrons. The van der Waals surface area contributed by atoms with Crippen LogP contribution >= 0.6 is 0 Å². The molecule has 3 rings (SSSR count). The molecule has 0 N–H and O–H groups in total. The summed E-state index contributed by atoms with van der Waals surface area (Å²) in [6, 6.07) is 9.21. The summed E-state index contributed by atoms with van der Waals surface area (Å²) in [6.45, 7) is 0.569. The zero-order valence-corrected chi connectivity index (χ0v) is 9.71. The van der Waals surface area contributed by atoms with E-state index < -0.39 is 0 Å². The molecule has 0 heterocycles. The Labute approximate surface area is 101 Å². The highest BCUT2D eigenvalue weighted by Crippen LogP contribution is 2.43. The van der Waals surface area contributed by atoms with Gasteiger partial charge in [0.25, 0.3) is 0 Å². The van der Waals surface area contributed by atoms with E-state index in [2.05, 4.69) is 12.2 Å². The van der Waals surface area contributed by atoms with Gasteiger partial charge in [0.05, 0.1) is 12.2 Å². The number of carbonyl (C=O) groups is 1. The number of hydrogen-bond donors (Lipinski definition) is 0. The van der Waals surface area contributed by atoms with Gasteiger partial charge in [-0.15, -0.1) is 0 Å². The lowest BCUT2D eigenvalue weighted by atomic mass is 9.95. The lowest BCUT2D eigenvalue weighted by Crippen LogP contribution is -2.17. The molecule has 2 bridgehead atoms. The highest BCUT2D eigenvalue weighted by Gasteiger charge is 2.36. The van der Waals surface area contributed by atoms with Crippen LogP contribution in [-0.4, -0.2) is 12.6 Å². The average molecular weight is 228 g/mol. The van der Waals surface area contributed by atoms with Crippen molar-refractivity contribution in [3.8, 4) is 0 Å². The zero-order chi connectivity index (χ0) is 11.7. The first-order chi connectivity index (χ1) is 8.33. The molecule has 2 aliphatic rings. The van der Waals surface area contributed by atoms with Crippen molar-refractivity contribution in [3.63, 3.8) is 0 Å². The molecule has 17 heavy (non-hydrogen) atoms. The third-order valence-corrected chi connectivity index (χ3v) is 3.85. The first-order valence-electron chi connectivity index (χ1n) is 6.23. The fraction of sp³-hybridized carbons (Fsp3) is 0.400. The summed E-state index contributed by atoms with van der Waals surface area (Å²) in [5.74, 6) is 1.72. The molecule has 1 fully saturated rings. The maximum absolute atomic E-state index is 11.8. The van der Waals surface area contributed by atoms with E-state index >= 15 is 0 Å². The average Bonchev–Trinajstić information content (AvgIpc) is 2.99. The summed E-state index contributed by atoms with van der Waals surface area (Å²) in [5.41, 5.74) is 0.645. The number of rotatable bonds is 3. The van der Waals surface area contributed by atoms with Crippen LogP contribution in [0.15, 0.2) is 42.5 Å². The van der Waals surface area contributed by atoms with Gasteiger partial charge in [-0.3, -0.25) is 0 Å². The zero-order valence-electron chi connectivity index (χ0n) is 9.71. The molecule has 0 saturated heterocycles. The number of allylic oxidation sites excluding steroid dienone is 2. The van der Waals surface area contributed by atoms with Crippen LogP contribution in [0.5, 0.6) is 0 Å². The van der Waals surface area contributed by atoms with Crippen LogP contribution in [0.25, 0.3) is 0 Å². The predicted octanol–water partition coefficient (Wildman–Crippen LogP) is 3.06. The maximum atomic E-state index is 11.8. The van der Waals surface area contributed by atoms with Gasteiger partial charge in [-0.05, 0) is 42.7 Å². The topological polar surface area (TPSA) is 26.3 Å². The second kappa shape index (κ2) is 4.36. The van der Waals surface area contributed by atoms with Crippen LogP contribution in [0.4, 0.5) is 0 Å². The van der Waals surface area contributed by atoms with E-state index in [1.165, 1.54) is 12.8 Å². The monoisotopic (exact) mass is 228 g/mol. The van der Waals surface area contributed by atoms with E-state index in [0.29, 0.717) is 24.0 Å². The van der Waals surface area contributed by atoms with Gasteiger partial charge in [0.2, 0.25) is 0 Å². The third kappa shape index (κ3) is 2.12. The second-order valence-corrected chi connectivity index (χ2v) is 5.00. The third-order valence-electron chi connectivity index (χ3n) is 3.85. The summed E-state index contributed by atoms with van der Waals surface area (Å²) in [6.07, 6.45) is 7.03. The smallest absolute Gasteiger partial charge is 0.338 e. The first-order valence-corrected chi connectivity index (χ1v) is 6.23. The van der Waals surface area contributed by atoms with Crippen molar-refractivity contribution in [2.75, 3.05) is 6.61 Å². The fourth-order valence-electron chi connectivity index (χ4n) is 2.93. The SMILES string of the molecule is O=C(OCC1CC2C=CC1C2)c1ccccc1. The molecule has 0 amide bonds. The Morgan fingerprint density at radius 3 is 2.65 bits per heavy atom. The maximum Gasteiger partial charge on any atom is 0.338 e.